The summed E-state index contributed by atoms with van der Waals surface area (Å²) in [6.45, 7) is 0. The van der Waals surface area contributed by atoms with E-state index in [-0.39, 0.29) is 0 Å². The van der Waals surface area contributed by atoms with Crippen molar-refractivity contribution >= 4 is 54.3 Å². The molecule has 49 heavy (non-hydrogen) atoms. The molecule has 0 atom stereocenters. The lowest BCUT2D eigenvalue weighted by Crippen LogP contribution is -2.00. The van der Waals surface area contributed by atoms with Crippen molar-refractivity contribution in [1.82, 2.24) is 15.0 Å². The molecule has 10 rings (SSSR count). The predicted octanol–water partition coefficient (Wildman–Crippen LogP) is 11.9. The zero-order valence-corrected chi connectivity index (χ0v) is 26.3. The topological polar surface area (TPSA) is 51.8 Å². The minimum atomic E-state index is 0.605. The van der Waals surface area contributed by atoms with Gasteiger partial charge in [-0.2, -0.15) is 0 Å². The summed E-state index contributed by atoms with van der Waals surface area (Å²) >= 11 is 0. The van der Waals surface area contributed by atoms with Gasteiger partial charge in [0.15, 0.2) is 17.5 Å². The molecule has 0 unspecified atom stereocenters. The third kappa shape index (κ3) is 4.65. The molecule has 10 aromatic rings. The number of nitrogens with zero attached hydrogens (tertiary/aromatic N) is 3. The lowest BCUT2D eigenvalue weighted by Gasteiger charge is -2.11. The number of furan rings is 1. The molecule has 2 heterocycles. The molecule has 0 aliphatic rings. The summed E-state index contributed by atoms with van der Waals surface area (Å²) in [4.78, 5) is 15.4. The van der Waals surface area contributed by atoms with Gasteiger partial charge in [0.2, 0.25) is 0 Å². The van der Waals surface area contributed by atoms with Crippen molar-refractivity contribution in [3.63, 3.8) is 0 Å². The third-order valence-electron chi connectivity index (χ3n) is 9.49. The molecule has 0 bridgehead atoms. The summed E-state index contributed by atoms with van der Waals surface area (Å²) in [7, 11) is 0. The number of rotatable bonds is 4. The minimum absolute atomic E-state index is 0.605. The van der Waals surface area contributed by atoms with E-state index >= 15 is 0 Å². The first-order valence-electron chi connectivity index (χ1n) is 16.4. The van der Waals surface area contributed by atoms with Gasteiger partial charge in [-0.1, -0.05) is 133 Å². The van der Waals surface area contributed by atoms with Crippen molar-refractivity contribution in [3.8, 4) is 45.3 Å². The van der Waals surface area contributed by atoms with Crippen LogP contribution in [0.25, 0.3) is 99.5 Å². The highest BCUT2D eigenvalue weighted by Crippen LogP contribution is 2.37. The number of hydrogen-bond acceptors (Lipinski definition) is 4. The van der Waals surface area contributed by atoms with E-state index in [4.69, 9.17) is 19.4 Å². The van der Waals surface area contributed by atoms with Crippen LogP contribution in [0.3, 0.4) is 0 Å². The molecule has 4 heteroatoms. The molecular weight excluding hydrogens is 599 g/mol. The van der Waals surface area contributed by atoms with Gasteiger partial charge in [-0.3, -0.25) is 0 Å². The normalized spacial score (nSPS) is 11.7. The Kier molecular flexibility index (Phi) is 6.15. The molecule has 2 aromatic heterocycles. The van der Waals surface area contributed by atoms with E-state index in [1.54, 1.807) is 0 Å². The van der Waals surface area contributed by atoms with Crippen molar-refractivity contribution in [2.24, 2.45) is 0 Å². The SMILES string of the molecule is c1cc(-c2ccc3ccc4ccccc4c3c2)cc(-c2nc(-c3ccc4ccccc4c3)nc(-c3cccc4oc5ccccc5c34)n2)c1. The number of fused-ring (bicyclic) bond motifs is 7. The van der Waals surface area contributed by atoms with Crippen LogP contribution >= 0.6 is 0 Å². The van der Waals surface area contributed by atoms with E-state index in [0.717, 1.165) is 55.1 Å². The van der Waals surface area contributed by atoms with Crippen molar-refractivity contribution < 1.29 is 4.42 Å². The summed E-state index contributed by atoms with van der Waals surface area (Å²) in [5.74, 6) is 1.84. The van der Waals surface area contributed by atoms with Crippen LogP contribution in [0.15, 0.2) is 168 Å². The van der Waals surface area contributed by atoms with E-state index in [9.17, 15) is 0 Å². The summed E-state index contributed by atoms with van der Waals surface area (Å²) in [5, 5.41) is 9.29. The molecule has 0 saturated heterocycles. The van der Waals surface area contributed by atoms with E-state index in [2.05, 4.69) is 133 Å². The summed E-state index contributed by atoms with van der Waals surface area (Å²) in [6, 6.07) is 57.1. The van der Waals surface area contributed by atoms with E-state index in [1.807, 2.05) is 30.3 Å². The summed E-state index contributed by atoms with van der Waals surface area (Å²) in [5.41, 5.74) is 6.65. The molecule has 0 N–H and O–H groups in total. The van der Waals surface area contributed by atoms with Crippen LogP contribution in [0.2, 0.25) is 0 Å². The Morgan fingerprint density at radius 1 is 0.327 bits per heavy atom. The fourth-order valence-corrected chi connectivity index (χ4v) is 7.06. The van der Waals surface area contributed by atoms with Gasteiger partial charge in [-0.15, -0.1) is 0 Å². The average Bonchev–Trinajstić information content (AvgIpc) is 3.56. The van der Waals surface area contributed by atoms with Crippen LogP contribution in [0.5, 0.6) is 0 Å². The van der Waals surface area contributed by atoms with Gasteiger partial charge in [-0.25, -0.2) is 15.0 Å². The van der Waals surface area contributed by atoms with Gasteiger partial charge >= 0.3 is 0 Å². The fourth-order valence-electron chi connectivity index (χ4n) is 7.06. The molecule has 4 nitrogen and oxygen atoms in total. The minimum Gasteiger partial charge on any atom is -0.456 e. The Morgan fingerprint density at radius 2 is 0.898 bits per heavy atom. The van der Waals surface area contributed by atoms with Crippen LogP contribution in [0, 0.1) is 0 Å². The highest BCUT2D eigenvalue weighted by molar-refractivity contribution is 6.12. The monoisotopic (exact) mass is 625 g/mol. The first kappa shape index (κ1) is 27.5. The second kappa shape index (κ2) is 11.0. The first-order valence-corrected chi connectivity index (χ1v) is 16.4. The summed E-state index contributed by atoms with van der Waals surface area (Å²) < 4.78 is 6.24. The Morgan fingerprint density at radius 3 is 1.78 bits per heavy atom. The lowest BCUT2D eigenvalue weighted by molar-refractivity contribution is 0.669. The lowest BCUT2D eigenvalue weighted by atomic mass is 9.96. The maximum atomic E-state index is 6.24. The third-order valence-corrected chi connectivity index (χ3v) is 9.49. The molecule has 8 aromatic carbocycles. The Bertz CT molecular complexity index is 2900. The van der Waals surface area contributed by atoms with Gasteiger partial charge in [-0.05, 0) is 73.8 Å². The van der Waals surface area contributed by atoms with Crippen molar-refractivity contribution in [3.05, 3.63) is 164 Å². The second-order valence-electron chi connectivity index (χ2n) is 12.4. The van der Waals surface area contributed by atoms with Crippen LogP contribution in [0.4, 0.5) is 0 Å². The van der Waals surface area contributed by atoms with Crippen molar-refractivity contribution in [2.75, 3.05) is 0 Å². The molecule has 0 aliphatic carbocycles. The van der Waals surface area contributed by atoms with Gasteiger partial charge in [0.25, 0.3) is 0 Å². The summed E-state index contributed by atoms with van der Waals surface area (Å²) in [6.07, 6.45) is 0. The largest absolute Gasteiger partial charge is 0.456 e. The number of para-hydroxylation sites is 1. The highest BCUT2D eigenvalue weighted by Gasteiger charge is 2.18. The molecule has 0 radical (unpaired) electrons. The Hall–Kier alpha value is -6.65. The Balaban J connectivity index is 1.17. The number of hydrogen-bond donors (Lipinski definition) is 0. The van der Waals surface area contributed by atoms with Gasteiger partial charge in [0.05, 0.1) is 0 Å². The van der Waals surface area contributed by atoms with Crippen LogP contribution in [-0.4, -0.2) is 15.0 Å². The molecule has 0 fully saturated rings. The average molecular weight is 626 g/mol. The number of aromatic nitrogens is 3. The zero-order chi connectivity index (χ0) is 32.3. The second-order valence-corrected chi connectivity index (χ2v) is 12.4. The molecule has 228 valence electrons. The fraction of sp³-hybridized carbons (Fsp3) is 0. The van der Waals surface area contributed by atoms with E-state index < -0.39 is 0 Å². The van der Waals surface area contributed by atoms with Gasteiger partial charge in [0, 0.05) is 27.5 Å². The maximum Gasteiger partial charge on any atom is 0.164 e. The van der Waals surface area contributed by atoms with E-state index in [0.29, 0.717) is 17.5 Å². The van der Waals surface area contributed by atoms with Gasteiger partial charge < -0.3 is 4.42 Å². The molecule has 0 amide bonds. The van der Waals surface area contributed by atoms with E-state index in [1.165, 1.54) is 26.9 Å². The van der Waals surface area contributed by atoms with Crippen LogP contribution < -0.4 is 0 Å². The zero-order valence-electron chi connectivity index (χ0n) is 26.3. The quantitative estimate of drug-likeness (QED) is 0.183. The van der Waals surface area contributed by atoms with Gasteiger partial charge in [0.1, 0.15) is 11.2 Å². The Labute approximate surface area is 282 Å². The standard InChI is InChI=1S/C45H27N3O/c1-2-11-31-25-35(24-19-28(31)9-1)44-46-43(47-45(48-44)38-16-8-18-41-42(38)37-15-5-6-17-40(37)49-41)34-13-7-12-32(26-34)33-23-22-30-21-20-29-10-3-4-14-36(29)39(30)27-33/h1-27H. The van der Waals surface area contributed by atoms with Crippen LogP contribution in [-0.2, 0) is 0 Å². The van der Waals surface area contributed by atoms with Crippen molar-refractivity contribution in [1.29, 1.82) is 0 Å². The predicted molar refractivity (Wildman–Crippen MR) is 201 cm³/mol. The molecule has 0 aliphatic heterocycles. The number of benzene rings is 8. The van der Waals surface area contributed by atoms with Crippen molar-refractivity contribution in [2.45, 2.75) is 0 Å². The first-order chi connectivity index (χ1) is 24.2. The van der Waals surface area contributed by atoms with Crippen LogP contribution in [0.1, 0.15) is 0 Å². The maximum absolute atomic E-state index is 6.24. The highest BCUT2D eigenvalue weighted by atomic mass is 16.3. The molecule has 0 spiro atoms. The smallest absolute Gasteiger partial charge is 0.164 e. The molecule has 0 saturated carbocycles. The molecular formula is C45H27N3O.